The molecule has 2 aromatic rings. The summed E-state index contributed by atoms with van der Waals surface area (Å²) in [5.41, 5.74) is -1.29. The molecular weight excluding hydrogens is 813 g/mol. The molecule has 1 aromatic carbocycles. The van der Waals surface area contributed by atoms with Gasteiger partial charge in [0.1, 0.15) is 29.4 Å². The van der Waals surface area contributed by atoms with E-state index in [2.05, 4.69) is 38.8 Å². The molecule has 0 spiro atoms. The number of alkyl carbamates (subject to hydrolysis) is 1. The number of fused-ring (bicyclic) bond motifs is 2. The number of halogens is 2. The minimum Gasteiger partial charge on any atom is -0.446 e. The maximum atomic E-state index is 14.4. The second kappa shape index (κ2) is 16.4. The second-order valence-corrected chi connectivity index (χ2v) is 21.3. The smallest absolute Gasteiger partial charge is 0.408 e. The summed E-state index contributed by atoms with van der Waals surface area (Å²) >= 11 is 0. The Hall–Kier alpha value is -4.92. The lowest BCUT2D eigenvalue weighted by molar-refractivity contribution is -0.143. The molecule has 5 aliphatic rings. The van der Waals surface area contributed by atoms with Gasteiger partial charge >= 0.3 is 6.09 Å². The molecule has 1 aliphatic heterocycles. The first-order valence-electron chi connectivity index (χ1n) is 21.2. The van der Waals surface area contributed by atoms with E-state index in [-0.39, 0.29) is 29.9 Å². The highest BCUT2D eigenvalue weighted by molar-refractivity contribution is 7.91. The van der Waals surface area contributed by atoms with E-state index in [1.54, 1.807) is 45.9 Å². The van der Waals surface area contributed by atoms with Crippen molar-refractivity contribution < 1.29 is 41.1 Å². The molecule has 0 bridgehead atoms. The first-order chi connectivity index (χ1) is 28.7. The van der Waals surface area contributed by atoms with E-state index >= 15 is 0 Å². The molecular formula is C43H55F2N7O8S. The highest BCUT2D eigenvalue weighted by Gasteiger charge is 2.67. The number of sulfonamides is 1. The number of hydrogen-bond donors (Lipinski definition) is 4. The fraction of sp³-hybridized carbons (Fsp3) is 0.651. The van der Waals surface area contributed by atoms with Gasteiger partial charge < -0.3 is 25.3 Å². The molecule has 4 aliphatic carbocycles. The first kappa shape index (κ1) is 44.1. The molecule has 1 saturated heterocycles. The van der Waals surface area contributed by atoms with Crippen molar-refractivity contribution >= 4 is 44.9 Å². The molecule has 0 radical (unpaired) electrons. The van der Waals surface area contributed by atoms with Crippen molar-refractivity contribution in [3.8, 4) is 6.07 Å². The number of carbonyl (C=O) groups is 4. The average Bonchev–Trinajstić information content (AvgIpc) is 4.06. The van der Waals surface area contributed by atoms with Crippen molar-refractivity contribution in [3.05, 3.63) is 52.0 Å². The van der Waals surface area contributed by atoms with Crippen LogP contribution in [0.4, 0.5) is 13.6 Å². The van der Waals surface area contributed by atoms with Gasteiger partial charge in [0.25, 0.3) is 11.5 Å². The van der Waals surface area contributed by atoms with Gasteiger partial charge in [0.05, 0.1) is 33.3 Å². The Labute approximate surface area is 353 Å². The van der Waals surface area contributed by atoms with Gasteiger partial charge in [-0.3, -0.25) is 23.9 Å². The van der Waals surface area contributed by atoms with Crippen LogP contribution in [-0.2, 0) is 35.6 Å². The van der Waals surface area contributed by atoms with Gasteiger partial charge in [-0.2, -0.15) is 5.26 Å². The summed E-state index contributed by atoms with van der Waals surface area (Å²) in [4.78, 5) is 76.6. The molecule has 18 heteroatoms. The molecule has 9 atom stereocenters. The number of unbranched alkanes of at least 4 members (excludes halogenated alkanes) is 2. The molecule has 2 heterocycles. The Morgan fingerprint density at radius 3 is 2.49 bits per heavy atom. The quantitative estimate of drug-likeness (QED) is 0.144. The zero-order chi connectivity index (χ0) is 44.2. The standard InChI is InChI=1S/C43H55F2N7O8S/c1-23-15-18-52(33(23)37(54)50-43(21-28(43)35(44)45)39(56)51-61(58,59)42(5)16-17-42)38(55)34(41(2,3)4)49-40(57)60-32-20-25-12-13-26(25)27(32)9-7-6-8-10-30-36(53)48-31-19-24(22-46)11-14-29(31)47-30/h11-14,19,23,25-28,32-35H,6-10,15-18,20-21H2,1-5H3,(H,48,53)(H,49,57)(H,50,54)(H,51,56)/t23-,25+,26+,27-,28+,32?,33+,34-,43?/m1/s1. The lowest BCUT2D eigenvalue weighted by Crippen LogP contribution is -2.61. The lowest BCUT2D eigenvalue weighted by Gasteiger charge is -2.36. The maximum Gasteiger partial charge on any atom is 0.408 e. The van der Waals surface area contributed by atoms with E-state index < -0.39 is 92.4 Å². The van der Waals surface area contributed by atoms with Crippen molar-refractivity contribution in [2.45, 2.75) is 134 Å². The predicted molar refractivity (Wildman–Crippen MR) is 219 cm³/mol. The summed E-state index contributed by atoms with van der Waals surface area (Å²) in [6.07, 6.45) is 4.88. The number of allylic oxidation sites excluding steroid dienone is 2. The van der Waals surface area contributed by atoms with Crippen molar-refractivity contribution in [1.82, 2.24) is 30.2 Å². The number of carbonyl (C=O) groups excluding carboxylic acids is 4. The van der Waals surface area contributed by atoms with Gasteiger partial charge in [-0.15, -0.1) is 0 Å². The third-order valence-corrected chi connectivity index (χ3v) is 15.8. The zero-order valence-electron chi connectivity index (χ0n) is 35.1. The van der Waals surface area contributed by atoms with Gasteiger partial charge in [-0.25, -0.2) is 27.0 Å². The van der Waals surface area contributed by atoms with Crippen LogP contribution in [0.2, 0.25) is 0 Å². The minimum absolute atomic E-state index is 0.0553. The van der Waals surface area contributed by atoms with E-state index in [1.807, 2.05) is 4.72 Å². The number of hydrogen-bond acceptors (Lipinski definition) is 10. The molecule has 1 aromatic heterocycles. The van der Waals surface area contributed by atoms with Crippen LogP contribution >= 0.6 is 0 Å². The number of aromatic amines is 1. The summed E-state index contributed by atoms with van der Waals surface area (Å²) in [5.74, 6) is -4.12. The van der Waals surface area contributed by atoms with E-state index in [9.17, 15) is 41.2 Å². The van der Waals surface area contributed by atoms with Crippen LogP contribution in [0.1, 0.15) is 104 Å². The number of alkyl halides is 2. The predicted octanol–water partition coefficient (Wildman–Crippen LogP) is 4.60. The van der Waals surface area contributed by atoms with Crippen LogP contribution in [0.25, 0.3) is 11.0 Å². The molecule has 4 fully saturated rings. The van der Waals surface area contributed by atoms with Crippen LogP contribution in [0.15, 0.2) is 35.1 Å². The normalized spacial score (nSPS) is 29.0. The van der Waals surface area contributed by atoms with Crippen molar-refractivity contribution in [1.29, 1.82) is 5.26 Å². The van der Waals surface area contributed by atoms with Crippen molar-refractivity contribution in [2.24, 2.45) is 35.0 Å². The minimum atomic E-state index is -4.18. The van der Waals surface area contributed by atoms with Gasteiger partial charge in [0.15, 0.2) is 0 Å². The fourth-order valence-electron chi connectivity index (χ4n) is 9.34. The number of nitrogens with one attached hydrogen (secondary N) is 4. The number of nitrogens with zero attached hydrogens (tertiary/aromatic N) is 3. The largest absolute Gasteiger partial charge is 0.446 e. The van der Waals surface area contributed by atoms with Crippen molar-refractivity contribution in [2.75, 3.05) is 6.54 Å². The molecule has 7 rings (SSSR count). The number of H-pyrrole nitrogens is 1. The van der Waals surface area contributed by atoms with Crippen LogP contribution < -0.4 is 20.9 Å². The van der Waals surface area contributed by atoms with Crippen LogP contribution in [0.5, 0.6) is 0 Å². The Bertz CT molecular complexity index is 2340. The van der Waals surface area contributed by atoms with Gasteiger partial charge in [-0.05, 0) is 99.7 Å². The SMILES string of the molecule is C[C@@H]1CCN(C(=O)[C@@H](NC(=O)OC2C[C@@H]3C=C[C@@H]3[C@H]2CCCCCc2nc3ccc(C#N)cc3[nH]c2=O)C(C)(C)C)[C@@H]1C(=O)NC1(C(=O)NS(=O)(=O)C2(C)CC2)C[C@H]1C(F)F. The van der Waals surface area contributed by atoms with Crippen LogP contribution in [0.3, 0.4) is 0 Å². The molecule has 61 heavy (non-hydrogen) atoms. The van der Waals surface area contributed by atoms with Gasteiger partial charge in [0.2, 0.25) is 28.3 Å². The zero-order valence-corrected chi connectivity index (χ0v) is 35.9. The highest BCUT2D eigenvalue weighted by atomic mass is 32.2. The Morgan fingerprint density at radius 2 is 1.87 bits per heavy atom. The number of aryl methyl sites for hydroxylation is 1. The topological polar surface area (TPSA) is 221 Å². The monoisotopic (exact) mass is 867 g/mol. The lowest BCUT2D eigenvalue weighted by atomic mass is 9.78. The van der Waals surface area contributed by atoms with Gasteiger partial charge in [-0.1, -0.05) is 52.7 Å². The third-order valence-electron chi connectivity index (χ3n) is 13.7. The van der Waals surface area contributed by atoms with E-state index in [0.717, 1.165) is 25.7 Å². The number of benzene rings is 1. The second-order valence-electron chi connectivity index (χ2n) is 19.1. The van der Waals surface area contributed by atoms with Crippen molar-refractivity contribution in [3.63, 3.8) is 0 Å². The molecule has 15 nitrogen and oxygen atoms in total. The number of amides is 4. The molecule has 3 saturated carbocycles. The summed E-state index contributed by atoms with van der Waals surface area (Å²) < 4.78 is 60.6. The molecule has 2 unspecified atom stereocenters. The summed E-state index contributed by atoms with van der Waals surface area (Å²) in [6.45, 7) is 8.58. The third kappa shape index (κ3) is 8.76. The number of rotatable bonds is 15. The first-order valence-corrected chi connectivity index (χ1v) is 22.7. The Morgan fingerprint density at radius 1 is 1.13 bits per heavy atom. The number of likely N-dealkylation sites (tertiary alicyclic amines) is 1. The summed E-state index contributed by atoms with van der Waals surface area (Å²) in [5, 5.41) is 14.4. The Balaban J connectivity index is 0.959. The maximum absolute atomic E-state index is 14.4. The van der Waals surface area contributed by atoms with E-state index in [0.29, 0.717) is 54.4 Å². The van der Waals surface area contributed by atoms with Gasteiger partial charge in [0, 0.05) is 12.5 Å². The molecule has 4 amide bonds. The average molecular weight is 868 g/mol. The Kier molecular flexibility index (Phi) is 11.9. The van der Waals surface area contributed by atoms with Crippen LogP contribution in [-0.4, -0.2) is 88.5 Å². The number of aromatic nitrogens is 2. The summed E-state index contributed by atoms with van der Waals surface area (Å²) in [7, 11) is -4.18. The van der Waals surface area contributed by atoms with Crippen LogP contribution in [0, 0.1) is 46.3 Å². The summed E-state index contributed by atoms with van der Waals surface area (Å²) in [6, 6.07) is 4.70. The van der Waals surface area contributed by atoms with E-state index in [1.165, 1.54) is 11.8 Å². The fourth-order valence-corrected chi connectivity index (χ4v) is 10.6. The number of ether oxygens (including phenoxy) is 1. The molecule has 330 valence electrons. The van der Waals surface area contributed by atoms with E-state index in [4.69, 9.17) is 10.00 Å². The molecule has 4 N–H and O–H groups in total. The number of nitriles is 1. The highest BCUT2D eigenvalue weighted by Crippen LogP contribution is 2.50.